The SMILES string of the molecule is CC[C@H]1OC(=O)[C@H](C)[C@@H](OC2C[C@](C)(OC)[C@@](O)(CNCc3ccccc3)[C@@H](C)O2)[C@H](C)[C@@H](O[C@@H]2O[C@H](C)C[C@H](N(C)S(=O)(=O)c3nccn3C)[C@H]2Oc2ccc(F)cc2)[C@](C)(O)C[C@@H](C)CN[C@H](C)[C@@H](O)[C@]1(C)O. The first-order valence-electron chi connectivity index (χ1n) is 26.2. The molecular weight excluding hydrogens is 994 g/mol. The predicted octanol–water partition coefficient (Wildman–Crippen LogP) is 4.44. The summed E-state index contributed by atoms with van der Waals surface area (Å²) in [6.45, 7) is 17.8. The van der Waals surface area contributed by atoms with Gasteiger partial charge in [-0.05, 0) is 110 Å². The van der Waals surface area contributed by atoms with E-state index in [-0.39, 0.29) is 55.6 Å². The number of nitrogens with zero attached hydrogens (tertiary/aromatic N) is 3. The summed E-state index contributed by atoms with van der Waals surface area (Å²) in [5, 5.41) is 55.5. The van der Waals surface area contributed by atoms with Gasteiger partial charge in [0.1, 0.15) is 40.6 Å². The van der Waals surface area contributed by atoms with Crippen molar-refractivity contribution in [2.24, 2.45) is 24.8 Å². The number of esters is 1. The van der Waals surface area contributed by atoms with Crippen molar-refractivity contribution < 1.29 is 71.2 Å². The average molecular weight is 1080 g/mol. The van der Waals surface area contributed by atoms with Gasteiger partial charge >= 0.3 is 5.97 Å². The molecule has 3 aliphatic heterocycles. The molecule has 0 saturated carbocycles. The van der Waals surface area contributed by atoms with Crippen molar-refractivity contribution in [2.75, 3.05) is 27.2 Å². The van der Waals surface area contributed by atoms with Crippen LogP contribution in [0.15, 0.2) is 72.1 Å². The number of aromatic nitrogens is 2. The third kappa shape index (κ3) is 13.4. The van der Waals surface area contributed by atoms with Gasteiger partial charge in [0.2, 0.25) is 5.16 Å². The molecule has 19 nitrogen and oxygen atoms in total. The van der Waals surface area contributed by atoms with Gasteiger partial charge in [0.25, 0.3) is 10.0 Å². The van der Waals surface area contributed by atoms with Gasteiger partial charge in [-0.2, -0.15) is 4.31 Å². The zero-order valence-electron chi connectivity index (χ0n) is 45.9. The number of aliphatic hydroxyl groups excluding tert-OH is 1. The second kappa shape index (κ2) is 24.6. The fourth-order valence-corrected chi connectivity index (χ4v) is 12.7. The molecule has 75 heavy (non-hydrogen) atoms. The molecule has 0 radical (unpaired) electrons. The number of likely N-dealkylation sites (N-methyl/N-ethyl adjacent to an activating group) is 1. The summed E-state index contributed by atoms with van der Waals surface area (Å²) in [7, 11) is 0.180. The number of imidazole rings is 1. The quantitative estimate of drug-likeness (QED) is 0.115. The number of sulfonamides is 1. The number of ether oxygens (including phenoxy) is 7. The lowest BCUT2D eigenvalue weighted by atomic mass is 9.75. The molecule has 0 bridgehead atoms. The van der Waals surface area contributed by atoms with Crippen molar-refractivity contribution in [2.45, 2.75) is 196 Å². The second-order valence-corrected chi connectivity index (χ2v) is 23.9. The van der Waals surface area contributed by atoms with Crippen LogP contribution in [0.1, 0.15) is 100 Å². The van der Waals surface area contributed by atoms with E-state index in [4.69, 9.17) is 33.2 Å². The van der Waals surface area contributed by atoms with E-state index in [0.29, 0.717) is 6.54 Å². The molecule has 422 valence electrons. The maximum absolute atomic E-state index is 14.8. The first-order chi connectivity index (χ1) is 35.1. The van der Waals surface area contributed by atoms with E-state index in [1.165, 1.54) is 62.3 Å². The number of cyclic esters (lactones) is 1. The molecule has 0 amide bonds. The molecule has 21 heteroatoms. The van der Waals surface area contributed by atoms with Crippen LogP contribution in [0.3, 0.4) is 0 Å². The summed E-state index contributed by atoms with van der Waals surface area (Å²) in [5.41, 5.74) is -5.59. The van der Waals surface area contributed by atoms with Gasteiger partial charge in [0, 0.05) is 65.1 Å². The number of halogens is 1. The molecule has 3 aromatic rings. The molecule has 1 unspecified atom stereocenters. The van der Waals surface area contributed by atoms with Crippen LogP contribution < -0.4 is 15.4 Å². The molecule has 1 aromatic heterocycles. The maximum atomic E-state index is 14.8. The Kier molecular flexibility index (Phi) is 19.8. The summed E-state index contributed by atoms with van der Waals surface area (Å²) >= 11 is 0. The van der Waals surface area contributed by atoms with Gasteiger partial charge in [-0.3, -0.25) is 4.79 Å². The number of nitrogens with one attached hydrogen (secondary N) is 2. The highest BCUT2D eigenvalue weighted by Gasteiger charge is 2.59. The molecule has 4 heterocycles. The van der Waals surface area contributed by atoms with Crippen LogP contribution in [-0.2, 0) is 56.8 Å². The lowest BCUT2D eigenvalue weighted by Crippen LogP contribution is -2.70. The Balaban J connectivity index is 1.44. The lowest BCUT2D eigenvalue weighted by Gasteiger charge is -2.53. The minimum atomic E-state index is -4.30. The molecular formula is C54H84FN5O14S. The fourth-order valence-electron chi connectivity index (χ4n) is 11.3. The van der Waals surface area contributed by atoms with Crippen LogP contribution in [0.4, 0.5) is 4.39 Å². The van der Waals surface area contributed by atoms with Crippen molar-refractivity contribution in [3.05, 3.63) is 78.4 Å². The lowest BCUT2D eigenvalue weighted by molar-refractivity contribution is -0.335. The summed E-state index contributed by atoms with van der Waals surface area (Å²) < 4.78 is 91.9. The fraction of sp³-hybridized carbons (Fsp3) is 0.704. The van der Waals surface area contributed by atoms with Gasteiger partial charge in [-0.15, -0.1) is 0 Å². The van der Waals surface area contributed by atoms with E-state index in [1.807, 2.05) is 37.3 Å². The van der Waals surface area contributed by atoms with Gasteiger partial charge in [-0.1, -0.05) is 51.1 Å². The summed E-state index contributed by atoms with van der Waals surface area (Å²) in [4.78, 5) is 18.9. The molecule has 3 aliphatic rings. The van der Waals surface area contributed by atoms with Gasteiger partial charge < -0.3 is 68.8 Å². The van der Waals surface area contributed by atoms with Crippen molar-refractivity contribution in [1.29, 1.82) is 0 Å². The Morgan fingerprint density at radius 2 is 1.63 bits per heavy atom. The van der Waals surface area contributed by atoms with Crippen molar-refractivity contribution >= 4 is 16.0 Å². The highest BCUT2D eigenvalue weighted by atomic mass is 32.2. The molecule has 6 N–H and O–H groups in total. The van der Waals surface area contributed by atoms with Crippen LogP contribution in [-0.4, -0.2) is 166 Å². The third-order valence-electron chi connectivity index (χ3n) is 16.0. The first-order valence-corrected chi connectivity index (χ1v) is 27.6. The number of aliphatic hydroxyl groups is 4. The van der Waals surface area contributed by atoms with Crippen LogP contribution in [0.25, 0.3) is 0 Å². The summed E-state index contributed by atoms with van der Waals surface area (Å²) in [6, 6.07) is 13.3. The van der Waals surface area contributed by atoms with E-state index in [2.05, 4.69) is 15.6 Å². The highest BCUT2D eigenvalue weighted by molar-refractivity contribution is 7.89. The van der Waals surface area contributed by atoms with Crippen molar-refractivity contribution in [3.8, 4) is 5.75 Å². The maximum Gasteiger partial charge on any atom is 0.311 e. The smallest absolute Gasteiger partial charge is 0.311 e. The van der Waals surface area contributed by atoms with Crippen molar-refractivity contribution in [1.82, 2.24) is 24.5 Å². The third-order valence-corrected chi connectivity index (χ3v) is 17.9. The van der Waals surface area contributed by atoms with Crippen LogP contribution >= 0.6 is 0 Å². The first kappa shape index (κ1) is 60.5. The average Bonchev–Trinajstić information content (AvgIpc) is 3.81. The number of methoxy groups -OCH3 is 1. The van der Waals surface area contributed by atoms with Crippen LogP contribution in [0, 0.1) is 23.6 Å². The van der Waals surface area contributed by atoms with Crippen LogP contribution in [0.2, 0.25) is 0 Å². The van der Waals surface area contributed by atoms with Gasteiger partial charge in [0.15, 0.2) is 18.7 Å². The van der Waals surface area contributed by atoms with E-state index >= 15 is 0 Å². The molecule has 2 aromatic carbocycles. The van der Waals surface area contributed by atoms with Crippen molar-refractivity contribution in [3.63, 3.8) is 0 Å². The molecule has 3 saturated heterocycles. The molecule has 0 spiro atoms. The molecule has 18 atom stereocenters. The minimum Gasteiger partial charge on any atom is -0.483 e. The highest BCUT2D eigenvalue weighted by Crippen LogP contribution is 2.44. The molecule has 3 fully saturated rings. The van der Waals surface area contributed by atoms with Crippen LogP contribution in [0.5, 0.6) is 5.75 Å². The Bertz CT molecular complexity index is 2420. The van der Waals surface area contributed by atoms with E-state index < -0.39 is 123 Å². The van der Waals surface area contributed by atoms with E-state index in [9.17, 15) is 38.0 Å². The van der Waals surface area contributed by atoms with E-state index in [1.54, 1.807) is 62.4 Å². The number of aryl methyl sites for hydroxylation is 1. The Labute approximate surface area is 442 Å². The topological polar surface area (TPSA) is 242 Å². The van der Waals surface area contributed by atoms with Gasteiger partial charge in [0.05, 0.1) is 42.0 Å². The molecule has 0 aliphatic carbocycles. The Morgan fingerprint density at radius 3 is 2.24 bits per heavy atom. The number of rotatable bonds is 15. The summed E-state index contributed by atoms with van der Waals surface area (Å²) in [6.07, 6.45) is -7.36. The zero-order chi connectivity index (χ0) is 55.4. The largest absolute Gasteiger partial charge is 0.483 e. The predicted molar refractivity (Wildman–Crippen MR) is 276 cm³/mol. The number of hydrogen-bond acceptors (Lipinski definition) is 17. The zero-order valence-corrected chi connectivity index (χ0v) is 46.7. The Hall–Kier alpha value is -3.68. The van der Waals surface area contributed by atoms with E-state index in [0.717, 1.165) is 9.87 Å². The Morgan fingerprint density at radius 1 is 0.960 bits per heavy atom. The number of carbonyl (C=O) groups is 1. The number of hydrogen-bond donors (Lipinski definition) is 6. The minimum absolute atomic E-state index is 0.0291. The normalized spacial score (nSPS) is 38.8. The van der Waals surface area contributed by atoms with Gasteiger partial charge in [-0.25, -0.2) is 17.8 Å². The number of benzene rings is 2. The number of carbonyl (C=O) groups excluding carboxylic acids is 1. The second-order valence-electron chi connectivity index (χ2n) is 22.0. The monoisotopic (exact) mass is 1080 g/mol. The summed E-state index contributed by atoms with van der Waals surface area (Å²) in [5.74, 6) is -3.65. The molecule has 6 rings (SSSR count). The standard InChI is InChI=1S/C54H84FN5O14S/c1-14-42-53(10,64)46(61)36(6)58-29-32(2)27-51(8,63)47(74-49-45(71-40-22-20-39(55)21-23-40)41(26-33(3)69-49)60(12)75(66,67)50-57-24-25-59(50)11)34(4)44(35(5)48(62)72-42)73-43-28-52(9,68-13)54(65,37(7)70-43)31-56-30-38-18-16-15-17-19-38/h15-25,32-37,41-47,49,56,58,61,63-65H,14,26-31H2,1-13H3/t32-,33-,34+,35-,36-,37-,41+,42-,43?,44+,45-,46-,47-,49+,51-,52+,53-,54-/m1/s1.